The van der Waals surface area contributed by atoms with Gasteiger partial charge in [-0.15, -0.1) is 10.2 Å². The van der Waals surface area contributed by atoms with E-state index in [1.54, 1.807) is 36.6 Å². The molecule has 4 rings (SSSR count). The molecule has 3 aromatic heterocycles. The number of rotatable bonds is 9. The summed E-state index contributed by atoms with van der Waals surface area (Å²) in [5, 5.41) is 7.91. The lowest BCUT2D eigenvalue weighted by Gasteiger charge is -2.30. The molecular weight excluding hydrogens is 510 g/mol. The van der Waals surface area contributed by atoms with Crippen LogP contribution in [-0.2, 0) is 19.5 Å². The van der Waals surface area contributed by atoms with Gasteiger partial charge in [-0.2, -0.15) is 0 Å². The van der Waals surface area contributed by atoms with Crippen LogP contribution in [0, 0.1) is 0 Å². The van der Waals surface area contributed by atoms with Gasteiger partial charge in [0.15, 0.2) is 5.82 Å². The maximum atomic E-state index is 13.4. The minimum Gasteiger partial charge on any atom is -0.481 e. The Bertz CT molecular complexity index is 1280. The summed E-state index contributed by atoms with van der Waals surface area (Å²) in [6.07, 6.45) is 2.53. The highest BCUT2D eigenvalue weighted by Crippen LogP contribution is 2.30. The van der Waals surface area contributed by atoms with Crippen LogP contribution < -0.4 is 9.46 Å². The Hall–Kier alpha value is -2.87. The molecule has 36 heavy (non-hydrogen) atoms. The summed E-state index contributed by atoms with van der Waals surface area (Å²) in [5.41, 5.74) is 0.465. The summed E-state index contributed by atoms with van der Waals surface area (Å²) in [7, 11) is -2.43. The molecule has 0 aliphatic carbocycles. The minimum atomic E-state index is -3.94. The van der Waals surface area contributed by atoms with Crippen molar-refractivity contribution in [2.75, 3.05) is 31.7 Å². The van der Waals surface area contributed by atoms with Gasteiger partial charge in [0.1, 0.15) is 17.6 Å². The van der Waals surface area contributed by atoms with Gasteiger partial charge in [0, 0.05) is 24.4 Å². The van der Waals surface area contributed by atoms with Crippen LogP contribution in [-0.4, -0.2) is 76.4 Å². The van der Waals surface area contributed by atoms with Crippen LogP contribution >= 0.6 is 11.6 Å². The topological polar surface area (TPSA) is 143 Å². The van der Waals surface area contributed by atoms with E-state index >= 15 is 0 Å². The van der Waals surface area contributed by atoms with Crippen molar-refractivity contribution in [3.63, 3.8) is 0 Å². The highest BCUT2D eigenvalue weighted by molar-refractivity contribution is 7.93. The fourth-order valence-electron chi connectivity index (χ4n) is 3.78. The maximum absolute atomic E-state index is 13.4. The zero-order chi connectivity index (χ0) is 25.9. The number of nitrogens with one attached hydrogen (secondary N) is 1. The lowest BCUT2D eigenvalue weighted by molar-refractivity contribution is -0.104. The number of sulfonamides is 1. The molecule has 0 spiro atoms. The Morgan fingerprint density at radius 2 is 1.92 bits per heavy atom. The number of anilines is 1. The number of ether oxygens (including phenoxy) is 3. The highest BCUT2D eigenvalue weighted by Gasteiger charge is 2.34. The van der Waals surface area contributed by atoms with E-state index < -0.39 is 21.2 Å². The molecule has 1 saturated heterocycles. The van der Waals surface area contributed by atoms with Crippen molar-refractivity contribution in [2.45, 2.75) is 44.1 Å². The monoisotopic (exact) mass is 537 g/mol. The molecule has 0 aromatic carbocycles. The first-order valence-electron chi connectivity index (χ1n) is 11.4. The molecule has 3 unspecified atom stereocenters. The van der Waals surface area contributed by atoms with Crippen molar-refractivity contribution in [1.82, 2.24) is 29.7 Å². The van der Waals surface area contributed by atoms with Crippen molar-refractivity contribution < 1.29 is 22.6 Å². The first-order chi connectivity index (χ1) is 17.2. The number of aromatic nitrogens is 6. The lowest BCUT2D eigenvalue weighted by atomic mass is 10.1. The fraction of sp³-hybridized carbons (Fsp3) is 0.500. The van der Waals surface area contributed by atoms with Gasteiger partial charge in [-0.1, -0.05) is 24.6 Å². The second-order valence-electron chi connectivity index (χ2n) is 8.41. The number of hydrogen-bond acceptors (Lipinski definition) is 10. The normalized spacial score (nSPS) is 18.9. The molecule has 194 valence electrons. The SMILES string of the molecule is COc1cccc(-c2nnc(NS(=O)(=O)C(C)C(C)c3ncc(Cl)cn3)n2C(C)[C@@H]2COCCO2)n1. The lowest BCUT2D eigenvalue weighted by Crippen LogP contribution is -2.37. The second kappa shape index (κ2) is 11.0. The second-order valence-corrected chi connectivity index (χ2v) is 10.9. The molecule has 1 aliphatic heterocycles. The summed E-state index contributed by atoms with van der Waals surface area (Å²) in [6.45, 7) is 6.48. The molecule has 0 amide bonds. The van der Waals surface area contributed by atoms with Crippen LogP contribution in [0.2, 0.25) is 5.02 Å². The zero-order valence-electron chi connectivity index (χ0n) is 20.3. The fourth-order valence-corrected chi connectivity index (χ4v) is 5.12. The van der Waals surface area contributed by atoms with Crippen LogP contribution in [0.1, 0.15) is 38.6 Å². The first-order valence-corrected chi connectivity index (χ1v) is 13.3. The number of methoxy groups -OCH3 is 1. The first kappa shape index (κ1) is 26.2. The third-order valence-corrected chi connectivity index (χ3v) is 8.17. The summed E-state index contributed by atoms with van der Waals surface area (Å²) in [5.74, 6) is 0.617. The van der Waals surface area contributed by atoms with E-state index in [1.165, 1.54) is 19.5 Å². The van der Waals surface area contributed by atoms with Crippen molar-refractivity contribution in [2.24, 2.45) is 0 Å². The predicted molar refractivity (Wildman–Crippen MR) is 133 cm³/mol. The molecule has 1 N–H and O–H groups in total. The Balaban J connectivity index is 1.69. The van der Waals surface area contributed by atoms with Gasteiger partial charge in [0.2, 0.25) is 21.9 Å². The van der Waals surface area contributed by atoms with E-state index in [1.807, 2.05) is 6.92 Å². The van der Waals surface area contributed by atoms with Crippen LogP contribution in [0.25, 0.3) is 11.5 Å². The molecular formula is C22H28ClN7O5S. The molecule has 0 bridgehead atoms. The van der Waals surface area contributed by atoms with Crippen molar-refractivity contribution in [3.8, 4) is 17.4 Å². The largest absolute Gasteiger partial charge is 0.481 e. The molecule has 1 fully saturated rings. The molecule has 4 heterocycles. The average Bonchev–Trinajstić information content (AvgIpc) is 3.31. The molecule has 3 aromatic rings. The smallest absolute Gasteiger partial charge is 0.238 e. The Kier molecular flexibility index (Phi) is 8.03. The van der Waals surface area contributed by atoms with Gasteiger partial charge >= 0.3 is 0 Å². The average molecular weight is 538 g/mol. The molecule has 12 nitrogen and oxygen atoms in total. The van der Waals surface area contributed by atoms with E-state index in [0.29, 0.717) is 48.1 Å². The van der Waals surface area contributed by atoms with Gasteiger partial charge < -0.3 is 14.2 Å². The van der Waals surface area contributed by atoms with Gasteiger partial charge in [-0.3, -0.25) is 9.29 Å². The van der Waals surface area contributed by atoms with Crippen molar-refractivity contribution in [3.05, 3.63) is 41.4 Å². The van der Waals surface area contributed by atoms with Crippen molar-refractivity contribution in [1.29, 1.82) is 0 Å². The maximum Gasteiger partial charge on any atom is 0.238 e. The van der Waals surface area contributed by atoms with Crippen LogP contribution in [0.3, 0.4) is 0 Å². The number of halogens is 1. The van der Waals surface area contributed by atoms with E-state index in [0.717, 1.165) is 0 Å². The summed E-state index contributed by atoms with van der Waals surface area (Å²) in [4.78, 5) is 12.8. The Morgan fingerprint density at radius 3 is 2.58 bits per heavy atom. The van der Waals surface area contributed by atoms with Gasteiger partial charge in [-0.05, 0) is 19.9 Å². The van der Waals surface area contributed by atoms with Gasteiger partial charge in [0.25, 0.3) is 0 Å². The third-order valence-electron chi connectivity index (χ3n) is 6.12. The Morgan fingerprint density at radius 1 is 1.17 bits per heavy atom. The number of nitrogens with zero attached hydrogens (tertiary/aromatic N) is 6. The molecule has 0 saturated carbocycles. The minimum absolute atomic E-state index is 0.0346. The molecule has 0 radical (unpaired) electrons. The van der Waals surface area contributed by atoms with Gasteiger partial charge in [0.05, 0.1) is 43.2 Å². The van der Waals surface area contributed by atoms with E-state index in [4.69, 9.17) is 25.8 Å². The highest BCUT2D eigenvalue weighted by atomic mass is 35.5. The van der Waals surface area contributed by atoms with Crippen LogP contribution in [0.5, 0.6) is 5.88 Å². The van der Waals surface area contributed by atoms with E-state index in [-0.39, 0.29) is 18.1 Å². The quantitative estimate of drug-likeness (QED) is 0.432. The van der Waals surface area contributed by atoms with Crippen molar-refractivity contribution >= 4 is 27.6 Å². The van der Waals surface area contributed by atoms with E-state index in [9.17, 15) is 8.42 Å². The number of hydrogen-bond donors (Lipinski definition) is 1. The molecule has 4 atom stereocenters. The standard InChI is InChI=1S/C22H28ClN7O5S/c1-13(20-24-10-16(23)11-25-20)15(3)36(31,32)29-22-28-27-21(17-6-5-7-19(26-17)33-4)30(22)14(2)18-12-34-8-9-35-18/h5-7,10-11,13-15,18H,8-9,12H2,1-4H3,(H,28,29)/t13?,14?,15?,18-/m0/s1. The molecule has 14 heteroatoms. The van der Waals surface area contributed by atoms with Crippen LogP contribution in [0.15, 0.2) is 30.6 Å². The predicted octanol–water partition coefficient (Wildman–Crippen LogP) is 2.70. The van der Waals surface area contributed by atoms with Gasteiger partial charge in [-0.25, -0.2) is 23.4 Å². The van der Waals surface area contributed by atoms with E-state index in [2.05, 4.69) is 29.9 Å². The third kappa shape index (κ3) is 5.59. The molecule has 1 aliphatic rings. The zero-order valence-corrected chi connectivity index (χ0v) is 21.9. The van der Waals surface area contributed by atoms with Crippen LogP contribution in [0.4, 0.5) is 5.95 Å². The summed E-state index contributed by atoms with van der Waals surface area (Å²) < 4.78 is 47.8. The number of pyridine rings is 1. The summed E-state index contributed by atoms with van der Waals surface area (Å²) in [6, 6.07) is 4.84. The summed E-state index contributed by atoms with van der Waals surface area (Å²) >= 11 is 5.87. The Labute approximate surface area is 214 Å².